The van der Waals surface area contributed by atoms with Crippen LogP contribution in [-0.2, 0) is 4.74 Å². The number of methoxy groups -OCH3 is 1. The normalized spacial score (nSPS) is 10.2. The summed E-state index contributed by atoms with van der Waals surface area (Å²) in [5.41, 5.74) is 1.97. The minimum Gasteiger partial charge on any atom is -0.465 e. The molecule has 8 heteroatoms. The molecule has 2 aromatic carbocycles. The highest BCUT2D eigenvalue weighted by atomic mass is 35.5. The Hall–Kier alpha value is -3.19. The maximum absolute atomic E-state index is 11.4. The van der Waals surface area contributed by atoms with Gasteiger partial charge in [0, 0.05) is 16.4 Å². The smallest absolute Gasteiger partial charge is 0.337 e. The Kier molecular flexibility index (Phi) is 5.06. The van der Waals surface area contributed by atoms with E-state index in [2.05, 4.69) is 30.6 Å². The lowest BCUT2D eigenvalue weighted by atomic mass is 10.2. The number of aromatic nitrogens is 3. The average molecular weight is 356 g/mol. The topological polar surface area (TPSA) is 89.0 Å². The van der Waals surface area contributed by atoms with Gasteiger partial charge in [-0.3, -0.25) is 0 Å². The van der Waals surface area contributed by atoms with Gasteiger partial charge >= 0.3 is 5.97 Å². The van der Waals surface area contributed by atoms with E-state index in [-0.39, 0.29) is 0 Å². The van der Waals surface area contributed by atoms with E-state index in [1.54, 1.807) is 36.4 Å². The highest BCUT2D eigenvalue weighted by Crippen LogP contribution is 2.20. The molecule has 25 heavy (non-hydrogen) atoms. The quantitative estimate of drug-likeness (QED) is 0.673. The Morgan fingerprint density at radius 3 is 2.60 bits per heavy atom. The number of rotatable bonds is 5. The molecule has 1 aromatic heterocycles. The highest BCUT2D eigenvalue weighted by molar-refractivity contribution is 6.30. The van der Waals surface area contributed by atoms with E-state index in [1.165, 1.54) is 13.3 Å². The molecule has 0 saturated carbocycles. The number of hydrogen-bond donors (Lipinski definition) is 2. The first kappa shape index (κ1) is 16.7. The van der Waals surface area contributed by atoms with Crippen molar-refractivity contribution >= 4 is 40.7 Å². The fourth-order valence-electron chi connectivity index (χ4n) is 2.07. The molecule has 0 saturated heterocycles. The molecule has 0 bridgehead atoms. The van der Waals surface area contributed by atoms with Crippen LogP contribution in [0.4, 0.5) is 23.1 Å². The highest BCUT2D eigenvalue weighted by Gasteiger charge is 2.06. The monoisotopic (exact) mass is 355 g/mol. The Morgan fingerprint density at radius 1 is 1.08 bits per heavy atom. The fourth-order valence-corrected chi connectivity index (χ4v) is 2.26. The third kappa shape index (κ3) is 4.42. The van der Waals surface area contributed by atoms with Crippen LogP contribution in [0.3, 0.4) is 0 Å². The van der Waals surface area contributed by atoms with E-state index in [4.69, 9.17) is 11.6 Å². The van der Waals surface area contributed by atoms with Gasteiger partial charge in [0.1, 0.15) is 0 Å². The minimum absolute atomic E-state index is 0.317. The maximum Gasteiger partial charge on any atom is 0.337 e. The van der Waals surface area contributed by atoms with Gasteiger partial charge in [-0.25, -0.2) is 4.79 Å². The number of benzene rings is 2. The summed E-state index contributed by atoms with van der Waals surface area (Å²) in [6.07, 6.45) is 1.51. The van der Waals surface area contributed by atoms with Crippen molar-refractivity contribution < 1.29 is 9.53 Å². The second kappa shape index (κ2) is 7.59. The van der Waals surface area contributed by atoms with Gasteiger partial charge in [0.05, 0.1) is 18.9 Å². The zero-order valence-electron chi connectivity index (χ0n) is 13.2. The third-order valence-electron chi connectivity index (χ3n) is 3.22. The molecular formula is C17H14ClN5O2. The molecule has 0 atom stereocenters. The molecule has 0 radical (unpaired) electrons. The molecule has 3 rings (SSSR count). The number of nitrogens with zero attached hydrogens (tertiary/aromatic N) is 3. The van der Waals surface area contributed by atoms with Gasteiger partial charge in [-0.1, -0.05) is 17.7 Å². The molecule has 0 spiro atoms. The van der Waals surface area contributed by atoms with Crippen LogP contribution in [0.2, 0.25) is 5.02 Å². The molecule has 2 N–H and O–H groups in total. The molecule has 0 unspecified atom stereocenters. The maximum atomic E-state index is 11.4. The summed E-state index contributed by atoms with van der Waals surface area (Å²) in [7, 11) is 1.34. The number of halogens is 1. The van der Waals surface area contributed by atoms with Crippen molar-refractivity contribution in [1.29, 1.82) is 0 Å². The Bertz CT molecular complexity index is 886. The van der Waals surface area contributed by atoms with E-state index in [9.17, 15) is 4.79 Å². The molecule has 7 nitrogen and oxygen atoms in total. The largest absolute Gasteiger partial charge is 0.465 e. The van der Waals surface area contributed by atoms with E-state index >= 15 is 0 Å². The summed E-state index contributed by atoms with van der Waals surface area (Å²) >= 11 is 5.96. The van der Waals surface area contributed by atoms with Gasteiger partial charge in [0.15, 0.2) is 5.82 Å². The average Bonchev–Trinajstić information content (AvgIpc) is 2.62. The zero-order chi connectivity index (χ0) is 17.6. The van der Waals surface area contributed by atoms with Gasteiger partial charge in [0.25, 0.3) is 0 Å². The molecule has 0 aliphatic heterocycles. The SMILES string of the molecule is COC(=O)c1ccc(Nc2nncc(Nc3cccc(Cl)c3)n2)cc1. The molecule has 0 amide bonds. The van der Waals surface area contributed by atoms with Crippen molar-refractivity contribution in [2.75, 3.05) is 17.7 Å². The van der Waals surface area contributed by atoms with Crippen molar-refractivity contribution in [3.05, 3.63) is 65.3 Å². The van der Waals surface area contributed by atoms with Crippen molar-refractivity contribution in [1.82, 2.24) is 15.2 Å². The molecule has 1 heterocycles. The summed E-state index contributed by atoms with van der Waals surface area (Å²) in [4.78, 5) is 15.8. The van der Waals surface area contributed by atoms with Gasteiger partial charge < -0.3 is 15.4 Å². The van der Waals surface area contributed by atoms with Gasteiger partial charge in [0.2, 0.25) is 5.95 Å². The molecule has 0 aliphatic rings. The molecule has 126 valence electrons. The second-order valence-corrected chi connectivity index (χ2v) is 5.43. The van der Waals surface area contributed by atoms with Crippen molar-refractivity contribution in [3.63, 3.8) is 0 Å². The summed E-state index contributed by atoms with van der Waals surface area (Å²) in [6.45, 7) is 0. The number of carbonyl (C=O) groups is 1. The third-order valence-corrected chi connectivity index (χ3v) is 3.45. The van der Waals surface area contributed by atoms with E-state index in [1.807, 2.05) is 12.1 Å². The number of anilines is 4. The van der Waals surface area contributed by atoms with Crippen LogP contribution in [0.25, 0.3) is 0 Å². The van der Waals surface area contributed by atoms with Gasteiger partial charge in [-0.15, -0.1) is 5.10 Å². The summed E-state index contributed by atoms with van der Waals surface area (Å²) in [6, 6.07) is 14.0. The Balaban J connectivity index is 1.72. The number of hydrogen-bond acceptors (Lipinski definition) is 7. The van der Waals surface area contributed by atoms with Crippen molar-refractivity contribution in [2.45, 2.75) is 0 Å². The van der Waals surface area contributed by atoms with Crippen LogP contribution < -0.4 is 10.6 Å². The van der Waals surface area contributed by atoms with Gasteiger partial charge in [-0.2, -0.15) is 10.1 Å². The van der Waals surface area contributed by atoms with Crippen LogP contribution in [-0.4, -0.2) is 28.3 Å². The van der Waals surface area contributed by atoms with Gasteiger partial charge in [-0.05, 0) is 42.5 Å². The molecule has 3 aromatic rings. The van der Waals surface area contributed by atoms with E-state index < -0.39 is 5.97 Å². The number of nitrogens with one attached hydrogen (secondary N) is 2. The van der Waals surface area contributed by atoms with Crippen molar-refractivity contribution in [2.24, 2.45) is 0 Å². The van der Waals surface area contributed by atoms with Crippen molar-refractivity contribution in [3.8, 4) is 0 Å². The lowest BCUT2D eigenvalue weighted by Crippen LogP contribution is -2.03. The first-order valence-electron chi connectivity index (χ1n) is 7.32. The van der Waals surface area contributed by atoms with Crippen LogP contribution in [0.15, 0.2) is 54.7 Å². The molecule has 0 aliphatic carbocycles. The van der Waals surface area contributed by atoms with E-state index in [0.29, 0.717) is 28.0 Å². The van der Waals surface area contributed by atoms with E-state index in [0.717, 1.165) is 5.69 Å². The van der Waals surface area contributed by atoms with Crippen LogP contribution in [0, 0.1) is 0 Å². The van der Waals surface area contributed by atoms with Crippen LogP contribution >= 0.6 is 11.6 Å². The van der Waals surface area contributed by atoms with Crippen LogP contribution in [0.5, 0.6) is 0 Å². The number of esters is 1. The second-order valence-electron chi connectivity index (χ2n) is 4.99. The number of ether oxygens (including phenoxy) is 1. The molecule has 0 fully saturated rings. The zero-order valence-corrected chi connectivity index (χ0v) is 14.0. The Morgan fingerprint density at radius 2 is 1.88 bits per heavy atom. The summed E-state index contributed by atoms with van der Waals surface area (Å²) < 4.78 is 4.66. The summed E-state index contributed by atoms with van der Waals surface area (Å²) in [5.74, 6) is 0.445. The lowest BCUT2D eigenvalue weighted by Gasteiger charge is -2.08. The predicted molar refractivity (Wildman–Crippen MR) is 95.6 cm³/mol. The number of carbonyl (C=O) groups excluding carboxylic acids is 1. The van der Waals surface area contributed by atoms with Crippen LogP contribution in [0.1, 0.15) is 10.4 Å². The standard InChI is InChI=1S/C17H14ClN5O2/c1-25-16(24)11-5-7-13(8-6-11)21-17-22-15(10-19-23-17)20-14-4-2-3-12(18)9-14/h2-10H,1H3,(H2,20,21,22,23). The summed E-state index contributed by atoms with van der Waals surface area (Å²) in [5, 5.41) is 14.6. The lowest BCUT2D eigenvalue weighted by molar-refractivity contribution is 0.0601. The fraction of sp³-hybridized carbons (Fsp3) is 0.0588. The predicted octanol–water partition coefficient (Wildman–Crippen LogP) is 3.80. The Labute approximate surface area is 149 Å². The first-order chi connectivity index (χ1) is 12.1. The first-order valence-corrected chi connectivity index (χ1v) is 7.69. The minimum atomic E-state index is -0.391. The molecular weight excluding hydrogens is 342 g/mol.